The molecule has 0 atom stereocenters. The Bertz CT molecular complexity index is 402. The minimum Gasteiger partial charge on any atom is -0.369 e. The highest BCUT2D eigenvalue weighted by Gasteiger charge is 1.98. The Morgan fingerprint density at radius 3 is 2.72 bits per heavy atom. The van der Waals surface area contributed by atoms with Gasteiger partial charge in [-0.2, -0.15) is 4.99 Å². The van der Waals surface area contributed by atoms with Crippen LogP contribution in [0, 0.1) is 0 Å². The maximum absolute atomic E-state index is 5.65. The summed E-state index contributed by atoms with van der Waals surface area (Å²) in [5, 5.41) is 3.49. The molecule has 0 amide bonds. The van der Waals surface area contributed by atoms with Gasteiger partial charge in [-0.1, -0.05) is 0 Å². The van der Waals surface area contributed by atoms with Gasteiger partial charge in [0.15, 0.2) is 11.1 Å². The quantitative estimate of drug-likeness (QED) is 0.364. The van der Waals surface area contributed by atoms with Gasteiger partial charge in [0.2, 0.25) is 0 Å². The van der Waals surface area contributed by atoms with Crippen molar-refractivity contribution in [2.45, 2.75) is 12.8 Å². The number of pyridine rings is 1. The molecule has 1 rings (SSSR count). The fraction of sp³-hybridized carbons (Fsp3) is 0.417. The first kappa shape index (κ1) is 14.4. The fourth-order valence-corrected chi connectivity index (χ4v) is 1.48. The van der Waals surface area contributed by atoms with Crippen LogP contribution in [0.2, 0.25) is 0 Å². The van der Waals surface area contributed by atoms with Crippen LogP contribution in [0.25, 0.3) is 0 Å². The number of guanidine groups is 1. The van der Waals surface area contributed by atoms with Crippen LogP contribution < -0.4 is 11.1 Å². The van der Waals surface area contributed by atoms with Crippen molar-refractivity contribution in [2.24, 2.45) is 10.7 Å². The van der Waals surface area contributed by atoms with Gasteiger partial charge < -0.3 is 16.0 Å². The molecule has 0 aromatic carbocycles. The largest absolute Gasteiger partial charge is 0.369 e. The average molecular weight is 265 g/mol. The second kappa shape index (κ2) is 7.60. The number of aliphatic imine (C=N–C) groups is 1. The summed E-state index contributed by atoms with van der Waals surface area (Å²) in [7, 11) is 3.65. The van der Waals surface area contributed by atoms with Crippen molar-refractivity contribution in [2.75, 3.05) is 20.6 Å². The number of hydrogen-bond donors (Lipinski definition) is 2. The van der Waals surface area contributed by atoms with Crippen LogP contribution in [-0.2, 0) is 6.42 Å². The summed E-state index contributed by atoms with van der Waals surface area (Å²) in [6.07, 6.45) is 5.58. The zero-order chi connectivity index (χ0) is 13.4. The van der Waals surface area contributed by atoms with Crippen molar-refractivity contribution >= 4 is 23.3 Å². The lowest BCUT2D eigenvalue weighted by Crippen LogP contribution is -2.33. The standard InChI is InChI=1S/C12H19N5S/c1-17(2)11(13)16-12(18)15-7-3-4-10-5-8-14-9-6-10/h5-6,8-9H,3-4,7H2,1-2H3,(H3,13,15,16,18). The number of nitrogens with two attached hydrogens (primary N) is 1. The van der Waals surface area contributed by atoms with Gasteiger partial charge in [-0.05, 0) is 42.8 Å². The molecule has 0 saturated heterocycles. The average Bonchev–Trinajstić information content (AvgIpc) is 2.35. The molecule has 0 aliphatic heterocycles. The molecular formula is C12H19N5S. The summed E-state index contributed by atoms with van der Waals surface area (Å²) in [6.45, 7) is 0.783. The first-order valence-corrected chi connectivity index (χ1v) is 6.18. The first-order valence-electron chi connectivity index (χ1n) is 5.78. The maximum Gasteiger partial charge on any atom is 0.198 e. The number of aryl methyl sites for hydroxylation is 1. The van der Waals surface area contributed by atoms with Crippen molar-refractivity contribution in [1.82, 2.24) is 15.2 Å². The molecule has 0 saturated carbocycles. The first-order chi connectivity index (χ1) is 8.59. The summed E-state index contributed by atoms with van der Waals surface area (Å²) in [6, 6.07) is 4.03. The third-order valence-corrected chi connectivity index (χ3v) is 2.58. The summed E-state index contributed by atoms with van der Waals surface area (Å²) >= 11 is 5.06. The number of hydrogen-bond acceptors (Lipinski definition) is 2. The zero-order valence-electron chi connectivity index (χ0n) is 10.8. The molecular weight excluding hydrogens is 246 g/mol. The van der Waals surface area contributed by atoms with E-state index in [9.17, 15) is 0 Å². The van der Waals surface area contributed by atoms with E-state index >= 15 is 0 Å². The van der Waals surface area contributed by atoms with Crippen LogP contribution in [0.1, 0.15) is 12.0 Å². The van der Waals surface area contributed by atoms with E-state index in [1.165, 1.54) is 5.56 Å². The van der Waals surface area contributed by atoms with Crippen molar-refractivity contribution in [3.63, 3.8) is 0 Å². The third kappa shape index (κ3) is 5.58. The van der Waals surface area contributed by atoms with Gasteiger partial charge in [-0.3, -0.25) is 4.98 Å². The maximum atomic E-state index is 5.65. The SMILES string of the molecule is CN(C)/C(N)=N/C(=S)NCCCc1ccncc1. The molecule has 6 heteroatoms. The molecule has 5 nitrogen and oxygen atoms in total. The second-order valence-corrected chi connectivity index (χ2v) is 4.44. The van der Waals surface area contributed by atoms with Gasteiger partial charge in [0, 0.05) is 33.0 Å². The Hall–Kier alpha value is -1.69. The molecule has 0 aliphatic carbocycles. The van der Waals surface area contributed by atoms with Crippen molar-refractivity contribution in [3.05, 3.63) is 30.1 Å². The Labute approximate surface area is 113 Å². The van der Waals surface area contributed by atoms with E-state index in [1.54, 1.807) is 17.3 Å². The molecule has 1 aromatic rings. The van der Waals surface area contributed by atoms with Gasteiger partial charge in [-0.25, -0.2) is 0 Å². The number of thiocarbonyl (C=S) groups is 1. The molecule has 0 radical (unpaired) electrons. The van der Waals surface area contributed by atoms with Crippen LogP contribution in [0.5, 0.6) is 0 Å². The van der Waals surface area contributed by atoms with E-state index in [0.717, 1.165) is 19.4 Å². The van der Waals surface area contributed by atoms with Crippen molar-refractivity contribution in [3.8, 4) is 0 Å². The molecule has 0 aliphatic rings. The lowest BCUT2D eigenvalue weighted by Gasteiger charge is -2.11. The van der Waals surface area contributed by atoms with Crippen LogP contribution in [-0.4, -0.2) is 41.6 Å². The van der Waals surface area contributed by atoms with Gasteiger partial charge in [0.05, 0.1) is 0 Å². The highest BCUT2D eigenvalue weighted by molar-refractivity contribution is 7.80. The van der Waals surface area contributed by atoms with Gasteiger partial charge in [-0.15, -0.1) is 0 Å². The normalized spacial score (nSPS) is 11.1. The number of nitrogens with zero attached hydrogens (tertiary/aromatic N) is 3. The zero-order valence-corrected chi connectivity index (χ0v) is 11.6. The molecule has 18 heavy (non-hydrogen) atoms. The predicted octanol–water partition coefficient (Wildman–Crippen LogP) is 0.765. The highest BCUT2D eigenvalue weighted by Crippen LogP contribution is 1.99. The Balaban J connectivity index is 2.22. The molecule has 98 valence electrons. The van der Waals surface area contributed by atoms with Crippen LogP contribution in [0.4, 0.5) is 0 Å². The van der Waals surface area contributed by atoms with Crippen molar-refractivity contribution in [1.29, 1.82) is 0 Å². The molecule has 1 aromatic heterocycles. The Morgan fingerprint density at radius 2 is 2.11 bits per heavy atom. The van der Waals surface area contributed by atoms with Crippen LogP contribution >= 0.6 is 12.2 Å². The summed E-state index contributed by atoms with van der Waals surface area (Å²) in [5.41, 5.74) is 6.93. The number of nitrogens with one attached hydrogen (secondary N) is 1. The Kier molecular flexibility index (Phi) is 6.07. The van der Waals surface area contributed by atoms with E-state index < -0.39 is 0 Å². The summed E-state index contributed by atoms with van der Waals surface area (Å²) < 4.78 is 0. The molecule has 0 spiro atoms. The lowest BCUT2D eigenvalue weighted by atomic mass is 10.1. The fourth-order valence-electron chi connectivity index (χ4n) is 1.28. The third-order valence-electron chi connectivity index (χ3n) is 2.34. The minimum absolute atomic E-state index is 0.404. The predicted molar refractivity (Wildman–Crippen MR) is 78.5 cm³/mol. The molecule has 3 N–H and O–H groups in total. The summed E-state index contributed by atoms with van der Waals surface area (Å²) in [5.74, 6) is 0.404. The van der Waals surface area contributed by atoms with Gasteiger partial charge >= 0.3 is 0 Å². The minimum atomic E-state index is 0.404. The smallest absolute Gasteiger partial charge is 0.198 e. The van der Waals surface area contributed by atoms with E-state index in [2.05, 4.69) is 15.3 Å². The number of aromatic nitrogens is 1. The van der Waals surface area contributed by atoms with E-state index in [4.69, 9.17) is 18.0 Å². The lowest BCUT2D eigenvalue weighted by molar-refractivity contribution is 0.615. The molecule has 1 heterocycles. The molecule has 0 unspecified atom stereocenters. The van der Waals surface area contributed by atoms with Gasteiger partial charge in [0.25, 0.3) is 0 Å². The topological polar surface area (TPSA) is 66.5 Å². The monoisotopic (exact) mass is 265 g/mol. The molecule has 0 bridgehead atoms. The van der Waals surface area contributed by atoms with Gasteiger partial charge in [0.1, 0.15) is 0 Å². The Morgan fingerprint density at radius 1 is 1.44 bits per heavy atom. The van der Waals surface area contributed by atoms with Crippen LogP contribution in [0.3, 0.4) is 0 Å². The highest BCUT2D eigenvalue weighted by atomic mass is 32.1. The van der Waals surface area contributed by atoms with E-state index in [-0.39, 0.29) is 0 Å². The van der Waals surface area contributed by atoms with E-state index in [0.29, 0.717) is 11.1 Å². The number of rotatable bonds is 4. The van der Waals surface area contributed by atoms with E-state index in [1.807, 2.05) is 26.2 Å². The summed E-state index contributed by atoms with van der Waals surface area (Å²) in [4.78, 5) is 9.74. The van der Waals surface area contributed by atoms with Crippen LogP contribution in [0.15, 0.2) is 29.5 Å². The molecule has 0 fully saturated rings. The second-order valence-electron chi connectivity index (χ2n) is 4.06. The van der Waals surface area contributed by atoms with Crippen molar-refractivity contribution < 1.29 is 0 Å².